The van der Waals surface area contributed by atoms with E-state index in [4.69, 9.17) is 0 Å². The lowest BCUT2D eigenvalue weighted by molar-refractivity contribution is -0.115. The minimum Gasteiger partial charge on any atom is -0.343 e. The Kier molecular flexibility index (Phi) is 7.50. The van der Waals surface area contributed by atoms with E-state index in [2.05, 4.69) is 15.4 Å². The van der Waals surface area contributed by atoms with Crippen molar-refractivity contribution in [1.82, 2.24) is 5.32 Å². The molecule has 0 atom stereocenters. The van der Waals surface area contributed by atoms with Gasteiger partial charge in [0, 0.05) is 16.9 Å². The van der Waals surface area contributed by atoms with E-state index in [-0.39, 0.29) is 17.3 Å². The molecule has 0 unspecified atom stereocenters. The number of para-hydroxylation sites is 1. The fraction of sp³-hybridized carbons (Fsp3) is 0.200. The van der Waals surface area contributed by atoms with Crippen molar-refractivity contribution < 1.29 is 18.0 Å². The van der Waals surface area contributed by atoms with E-state index in [9.17, 15) is 18.0 Å². The Morgan fingerprint density at radius 2 is 1.58 bits per heavy atom. The van der Waals surface area contributed by atoms with Gasteiger partial charge in [0.25, 0.3) is 15.9 Å². The van der Waals surface area contributed by atoms with Crippen LogP contribution in [0.5, 0.6) is 0 Å². The molecule has 2 amide bonds. The summed E-state index contributed by atoms with van der Waals surface area (Å²) in [6.07, 6.45) is 0.780. The van der Waals surface area contributed by atoms with Gasteiger partial charge in [0.2, 0.25) is 5.91 Å². The Morgan fingerprint density at radius 1 is 0.879 bits per heavy atom. The lowest BCUT2D eigenvalue weighted by Crippen LogP contribution is -2.33. The van der Waals surface area contributed by atoms with Crippen molar-refractivity contribution >= 4 is 33.2 Å². The number of anilines is 2. The maximum atomic E-state index is 12.6. The smallest absolute Gasteiger partial charge is 0.261 e. The second kappa shape index (κ2) is 10.3. The summed E-state index contributed by atoms with van der Waals surface area (Å²) < 4.78 is 27.8. The first-order valence-electron chi connectivity index (χ1n) is 10.6. The molecular formula is C25H27N3O4S. The molecule has 3 rings (SSSR count). The third-order valence-electron chi connectivity index (χ3n) is 5.27. The van der Waals surface area contributed by atoms with Gasteiger partial charge in [-0.3, -0.25) is 14.3 Å². The first-order valence-corrected chi connectivity index (χ1v) is 12.0. The molecule has 3 aromatic carbocycles. The number of carbonyl (C=O) groups excluding carboxylic acids is 2. The van der Waals surface area contributed by atoms with Crippen molar-refractivity contribution in [2.45, 2.75) is 32.1 Å². The number of benzene rings is 3. The second-order valence-corrected chi connectivity index (χ2v) is 9.35. The largest absolute Gasteiger partial charge is 0.343 e. The van der Waals surface area contributed by atoms with Gasteiger partial charge in [-0.05, 0) is 79.4 Å². The average Bonchev–Trinajstić information content (AvgIpc) is 2.79. The number of hydrogen-bond donors (Lipinski definition) is 3. The Balaban J connectivity index is 1.58. The zero-order valence-corrected chi connectivity index (χ0v) is 19.6. The van der Waals surface area contributed by atoms with Crippen LogP contribution < -0.4 is 15.4 Å². The van der Waals surface area contributed by atoms with Crippen molar-refractivity contribution in [3.8, 4) is 0 Å². The van der Waals surface area contributed by atoms with Crippen LogP contribution in [0, 0.1) is 13.8 Å². The van der Waals surface area contributed by atoms with Gasteiger partial charge in [-0.25, -0.2) is 8.42 Å². The second-order valence-electron chi connectivity index (χ2n) is 7.67. The third kappa shape index (κ3) is 6.20. The van der Waals surface area contributed by atoms with Gasteiger partial charge in [0.15, 0.2) is 0 Å². The fourth-order valence-corrected chi connectivity index (χ4v) is 4.34. The fourth-order valence-electron chi connectivity index (χ4n) is 3.19. The Bertz CT molecular complexity index is 1270. The number of nitrogens with one attached hydrogen (secondary N) is 3. The molecule has 0 aliphatic heterocycles. The molecule has 0 radical (unpaired) electrons. The van der Waals surface area contributed by atoms with Gasteiger partial charge in [-0.15, -0.1) is 0 Å². The quantitative estimate of drug-likeness (QED) is 0.467. The average molecular weight is 466 g/mol. The van der Waals surface area contributed by atoms with Gasteiger partial charge in [0.05, 0.1) is 11.4 Å². The topological polar surface area (TPSA) is 104 Å². The van der Waals surface area contributed by atoms with Crippen LogP contribution in [0.2, 0.25) is 0 Å². The molecule has 0 saturated heterocycles. The minimum absolute atomic E-state index is 0.170. The first kappa shape index (κ1) is 24.0. The van der Waals surface area contributed by atoms with Crippen molar-refractivity contribution in [2.75, 3.05) is 16.6 Å². The highest BCUT2D eigenvalue weighted by molar-refractivity contribution is 7.92. The van der Waals surface area contributed by atoms with Gasteiger partial charge in [-0.2, -0.15) is 0 Å². The van der Waals surface area contributed by atoms with Crippen LogP contribution in [0.1, 0.15) is 34.0 Å². The Morgan fingerprint density at radius 3 is 2.24 bits per heavy atom. The van der Waals surface area contributed by atoms with Crippen LogP contribution >= 0.6 is 0 Å². The number of sulfonamides is 1. The van der Waals surface area contributed by atoms with Crippen molar-refractivity contribution in [2.24, 2.45) is 0 Å². The number of carbonyl (C=O) groups is 2. The van der Waals surface area contributed by atoms with Gasteiger partial charge < -0.3 is 10.6 Å². The molecule has 7 nitrogen and oxygen atoms in total. The van der Waals surface area contributed by atoms with E-state index in [0.717, 1.165) is 28.8 Å². The molecular weight excluding hydrogens is 438 g/mol. The van der Waals surface area contributed by atoms with Crippen molar-refractivity contribution in [1.29, 1.82) is 0 Å². The van der Waals surface area contributed by atoms with Gasteiger partial charge in [0.1, 0.15) is 0 Å². The number of hydrogen-bond acceptors (Lipinski definition) is 4. The molecule has 0 fully saturated rings. The van der Waals surface area contributed by atoms with E-state index in [1.807, 2.05) is 45.0 Å². The molecule has 0 aliphatic rings. The molecule has 0 saturated carbocycles. The van der Waals surface area contributed by atoms with Crippen molar-refractivity contribution in [3.63, 3.8) is 0 Å². The molecule has 33 heavy (non-hydrogen) atoms. The SMILES string of the molecule is CCc1ccccc1NC(=O)CNC(=O)c1ccc(NS(=O)(=O)c2ccc(C)c(C)c2)cc1. The molecule has 0 spiro atoms. The summed E-state index contributed by atoms with van der Waals surface area (Å²) in [5.74, 6) is -0.764. The summed E-state index contributed by atoms with van der Waals surface area (Å²) in [4.78, 5) is 24.8. The lowest BCUT2D eigenvalue weighted by atomic mass is 10.1. The minimum atomic E-state index is -3.75. The van der Waals surface area contributed by atoms with Crippen LogP contribution in [0.25, 0.3) is 0 Å². The standard InChI is InChI=1S/C25H27N3O4S/c1-4-19-7-5-6-8-23(19)27-24(29)16-26-25(30)20-10-12-21(13-11-20)28-33(31,32)22-14-9-17(2)18(3)15-22/h5-15,28H,4,16H2,1-3H3,(H,26,30)(H,27,29). The summed E-state index contributed by atoms with van der Waals surface area (Å²) in [6, 6.07) is 18.4. The van der Waals surface area contributed by atoms with Crippen LogP contribution in [0.15, 0.2) is 71.6 Å². The van der Waals surface area contributed by atoms with Crippen LogP contribution in [-0.4, -0.2) is 26.8 Å². The van der Waals surface area contributed by atoms with Crippen LogP contribution in [0.4, 0.5) is 11.4 Å². The molecule has 0 aromatic heterocycles. The number of aryl methyl sites for hydroxylation is 3. The Hall–Kier alpha value is -3.65. The zero-order chi connectivity index (χ0) is 24.0. The van der Waals surface area contributed by atoms with E-state index < -0.39 is 15.9 Å². The van der Waals surface area contributed by atoms with E-state index >= 15 is 0 Å². The molecule has 0 aliphatic carbocycles. The molecule has 3 N–H and O–H groups in total. The summed E-state index contributed by atoms with van der Waals surface area (Å²) >= 11 is 0. The third-order valence-corrected chi connectivity index (χ3v) is 6.65. The lowest BCUT2D eigenvalue weighted by Gasteiger charge is -2.11. The monoisotopic (exact) mass is 465 g/mol. The molecule has 0 bridgehead atoms. The van der Waals surface area contributed by atoms with E-state index in [1.165, 1.54) is 24.3 Å². The first-order chi connectivity index (χ1) is 15.7. The zero-order valence-electron chi connectivity index (χ0n) is 18.8. The number of rotatable bonds is 8. The van der Waals surface area contributed by atoms with Crippen LogP contribution in [0.3, 0.4) is 0 Å². The highest BCUT2D eigenvalue weighted by Gasteiger charge is 2.15. The van der Waals surface area contributed by atoms with Gasteiger partial charge in [-0.1, -0.05) is 31.2 Å². The molecule has 3 aromatic rings. The summed E-state index contributed by atoms with van der Waals surface area (Å²) in [7, 11) is -3.75. The highest BCUT2D eigenvalue weighted by atomic mass is 32.2. The van der Waals surface area contributed by atoms with Crippen LogP contribution in [-0.2, 0) is 21.2 Å². The summed E-state index contributed by atoms with van der Waals surface area (Å²) in [5, 5.41) is 5.37. The normalized spacial score (nSPS) is 11.0. The van der Waals surface area contributed by atoms with E-state index in [1.54, 1.807) is 18.2 Å². The van der Waals surface area contributed by atoms with Crippen molar-refractivity contribution in [3.05, 3.63) is 89.0 Å². The number of amides is 2. The summed E-state index contributed by atoms with van der Waals surface area (Å²) in [6.45, 7) is 5.58. The maximum absolute atomic E-state index is 12.6. The molecule has 172 valence electrons. The highest BCUT2D eigenvalue weighted by Crippen LogP contribution is 2.19. The maximum Gasteiger partial charge on any atom is 0.261 e. The predicted molar refractivity (Wildman–Crippen MR) is 130 cm³/mol. The summed E-state index contributed by atoms with van der Waals surface area (Å²) in [5.41, 5.74) is 4.26. The molecule has 8 heteroatoms. The van der Waals surface area contributed by atoms with E-state index in [0.29, 0.717) is 11.3 Å². The Labute approximate surface area is 194 Å². The predicted octanol–water partition coefficient (Wildman–Crippen LogP) is 4.04. The van der Waals surface area contributed by atoms with Gasteiger partial charge >= 0.3 is 0 Å². The molecule has 0 heterocycles.